The summed E-state index contributed by atoms with van der Waals surface area (Å²) < 4.78 is 9.64. The van der Waals surface area contributed by atoms with Crippen molar-refractivity contribution >= 4 is 11.9 Å². The van der Waals surface area contributed by atoms with Gasteiger partial charge in [0.25, 0.3) is 0 Å². The van der Waals surface area contributed by atoms with Gasteiger partial charge in [-0.15, -0.1) is 0 Å². The molecule has 25 heavy (non-hydrogen) atoms. The zero-order valence-corrected chi connectivity index (χ0v) is 16.5. The number of unbranched alkanes of at least 4 members (excludes halogenated alkanes) is 1. The van der Waals surface area contributed by atoms with Crippen LogP contribution in [0.3, 0.4) is 0 Å². The van der Waals surface area contributed by atoms with E-state index in [1.165, 1.54) is 12.2 Å². The molecule has 0 atom stereocenters. The van der Waals surface area contributed by atoms with Crippen LogP contribution in [0, 0.1) is 0 Å². The molecule has 6 heteroatoms. The highest BCUT2D eigenvalue weighted by molar-refractivity contribution is 5.81. The van der Waals surface area contributed by atoms with E-state index in [0.717, 1.165) is 45.4 Å². The quantitative estimate of drug-likeness (QED) is 0.287. The fourth-order valence-corrected chi connectivity index (χ4v) is 1.82. The summed E-state index contributed by atoms with van der Waals surface area (Å²) in [5, 5.41) is 0. The van der Waals surface area contributed by atoms with Gasteiger partial charge in [-0.2, -0.15) is 0 Å². The van der Waals surface area contributed by atoms with Crippen LogP contribution in [-0.2, 0) is 19.1 Å². The van der Waals surface area contributed by atoms with Crippen molar-refractivity contribution in [2.45, 2.75) is 33.1 Å². The second-order valence-corrected chi connectivity index (χ2v) is 5.63. The molecule has 0 spiro atoms. The van der Waals surface area contributed by atoms with Gasteiger partial charge < -0.3 is 19.3 Å². The van der Waals surface area contributed by atoms with Gasteiger partial charge in [0.15, 0.2) is 0 Å². The topological polar surface area (TPSA) is 59.1 Å². The number of carbonyl (C=O) groups is 2. The zero-order chi connectivity index (χ0) is 19.5. The van der Waals surface area contributed by atoms with E-state index in [2.05, 4.69) is 36.8 Å². The van der Waals surface area contributed by atoms with Crippen LogP contribution in [0.1, 0.15) is 33.1 Å². The summed E-state index contributed by atoms with van der Waals surface area (Å²) in [5.74, 6) is -0.667. The summed E-state index contributed by atoms with van der Waals surface area (Å²) in [7, 11) is 4.05. The molecule has 0 aliphatic heterocycles. The Morgan fingerprint density at radius 3 is 1.72 bits per heavy atom. The number of rotatable bonds is 13. The molecule has 0 rings (SSSR count). The van der Waals surface area contributed by atoms with E-state index in [1.54, 1.807) is 0 Å². The minimum absolute atomic E-state index is 0.333. The Balaban J connectivity index is 0. The standard InChI is InChI=1S/C10H19NO2.C9H17NO2/c1-4-10(12)13-9-7-8-11(5-2)6-3;1-4-9(11)12-8-6-5-7-10(2)3/h4H,1,5-9H2,2-3H3;4H,1,5-8H2,2-3H3. The van der Waals surface area contributed by atoms with Crippen molar-refractivity contribution in [2.75, 3.05) is 53.5 Å². The van der Waals surface area contributed by atoms with E-state index in [4.69, 9.17) is 9.47 Å². The van der Waals surface area contributed by atoms with E-state index < -0.39 is 0 Å². The second-order valence-electron chi connectivity index (χ2n) is 5.63. The van der Waals surface area contributed by atoms with Gasteiger partial charge in [0.05, 0.1) is 13.2 Å². The number of ether oxygens (including phenoxy) is 2. The van der Waals surface area contributed by atoms with Crippen molar-refractivity contribution in [1.82, 2.24) is 9.80 Å². The third kappa shape index (κ3) is 20.3. The summed E-state index contributed by atoms with van der Waals surface area (Å²) in [5.41, 5.74) is 0. The van der Waals surface area contributed by atoms with Crippen LogP contribution in [0.2, 0.25) is 0 Å². The van der Waals surface area contributed by atoms with Crippen molar-refractivity contribution < 1.29 is 19.1 Å². The lowest BCUT2D eigenvalue weighted by Gasteiger charge is -2.17. The zero-order valence-electron chi connectivity index (χ0n) is 16.5. The van der Waals surface area contributed by atoms with Crippen LogP contribution in [0.15, 0.2) is 25.3 Å². The third-order valence-corrected chi connectivity index (χ3v) is 3.33. The summed E-state index contributed by atoms with van der Waals surface area (Å²) >= 11 is 0. The first-order valence-electron chi connectivity index (χ1n) is 8.86. The maximum atomic E-state index is 10.6. The van der Waals surface area contributed by atoms with Crippen molar-refractivity contribution in [3.63, 3.8) is 0 Å². The van der Waals surface area contributed by atoms with E-state index in [-0.39, 0.29) is 11.9 Å². The van der Waals surface area contributed by atoms with Gasteiger partial charge in [-0.3, -0.25) is 0 Å². The SMILES string of the molecule is C=CC(=O)OCCCCN(C)C.C=CC(=O)OCCCN(CC)CC. The Labute approximate surface area is 153 Å². The van der Waals surface area contributed by atoms with Gasteiger partial charge in [-0.05, 0) is 53.0 Å². The molecule has 0 aromatic rings. The molecule has 0 unspecified atom stereocenters. The van der Waals surface area contributed by atoms with Crippen LogP contribution in [0.25, 0.3) is 0 Å². The number of esters is 2. The molecule has 0 aromatic carbocycles. The fraction of sp³-hybridized carbons (Fsp3) is 0.684. The van der Waals surface area contributed by atoms with Gasteiger partial charge in [0.2, 0.25) is 0 Å². The molecule has 0 amide bonds. The van der Waals surface area contributed by atoms with Gasteiger partial charge in [-0.1, -0.05) is 27.0 Å². The van der Waals surface area contributed by atoms with E-state index >= 15 is 0 Å². The van der Waals surface area contributed by atoms with Crippen molar-refractivity contribution in [2.24, 2.45) is 0 Å². The molecule has 0 saturated carbocycles. The lowest BCUT2D eigenvalue weighted by atomic mass is 10.3. The Bertz CT molecular complexity index is 366. The fourth-order valence-electron chi connectivity index (χ4n) is 1.82. The second kappa shape index (κ2) is 18.7. The average Bonchev–Trinajstić information content (AvgIpc) is 2.61. The predicted octanol–water partition coefficient (Wildman–Crippen LogP) is 2.50. The normalized spacial score (nSPS) is 10.0. The number of hydrogen-bond acceptors (Lipinski definition) is 6. The number of carbonyl (C=O) groups excluding carboxylic acids is 2. The highest BCUT2D eigenvalue weighted by Gasteiger charge is 1.99. The molecule has 0 heterocycles. The molecule has 0 radical (unpaired) electrons. The van der Waals surface area contributed by atoms with Crippen LogP contribution < -0.4 is 0 Å². The van der Waals surface area contributed by atoms with Crippen molar-refractivity contribution in [1.29, 1.82) is 0 Å². The van der Waals surface area contributed by atoms with Crippen LogP contribution >= 0.6 is 0 Å². The van der Waals surface area contributed by atoms with Gasteiger partial charge >= 0.3 is 11.9 Å². The van der Waals surface area contributed by atoms with Gasteiger partial charge in [0, 0.05) is 18.7 Å². The van der Waals surface area contributed by atoms with Crippen molar-refractivity contribution in [3.05, 3.63) is 25.3 Å². The Morgan fingerprint density at radius 2 is 1.32 bits per heavy atom. The first kappa shape index (κ1) is 25.6. The average molecular weight is 357 g/mol. The molecule has 0 saturated heterocycles. The molecule has 0 aromatic heterocycles. The highest BCUT2D eigenvalue weighted by atomic mass is 16.5. The summed E-state index contributed by atoms with van der Waals surface area (Å²) in [6, 6.07) is 0. The number of nitrogens with zero attached hydrogens (tertiary/aromatic N) is 2. The predicted molar refractivity (Wildman–Crippen MR) is 103 cm³/mol. The molecular weight excluding hydrogens is 320 g/mol. The van der Waals surface area contributed by atoms with E-state index in [9.17, 15) is 9.59 Å². The smallest absolute Gasteiger partial charge is 0.330 e. The third-order valence-electron chi connectivity index (χ3n) is 3.33. The monoisotopic (exact) mass is 356 g/mol. The molecule has 0 fully saturated rings. The largest absolute Gasteiger partial charge is 0.463 e. The number of hydrogen-bond donors (Lipinski definition) is 0. The Kier molecular flexibility index (Phi) is 19.1. The lowest BCUT2D eigenvalue weighted by molar-refractivity contribution is -0.138. The van der Waals surface area contributed by atoms with E-state index in [0.29, 0.717) is 13.2 Å². The summed E-state index contributed by atoms with van der Waals surface area (Å²) in [6.45, 7) is 16.0. The van der Waals surface area contributed by atoms with Crippen LogP contribution in [-0.4, -0.2) is 75.2 Å². The minimum Gasteiger partial charge on any atom is -0.463 e. The van der Waals surface area contributed by atoms with Gasteiger partial charge in [-0.25, -0.2) is 9.59 Å². The van der Waals surface area contributed by atoms with Crippen molar-refractivity contribution in [3.8, 4) is 0 Å². The Hall–Kier alpha value is -1.66. The minimum atomic E-state index is -0.334. The van der Waals surface area contributed by atoms with Crippen LogP contribution in [0.5, 0.6) is 0 Å². The molecule has 0 aliphatic rings. The molecule has 0 N–H and O–H groups in total. The van der Waals surface area contributed by atoms with E-state index in [1.807, 2.05) is 14.1 Å². The molecule has 146 valence electrons. The molecular formula is C19H36N2O4. The summed E-state index contributed by atoms with van der Waals surface area (Å²) in [4.78, 5) is 25.6. The molecule has 6 nitrogen and oxygen atoms in total. The first-order chi connectivity index (χ1) is 11.9. The molecule has 0 aliphatic carbocycles. The maximum absolute atomic E-state index is 10.6. The van der Waals surface area contributed by atoms with Gasteiger partial charge in [0.1, 0.15) is 0 Å². The first-order valence-corrected chi connectivity index (χ1v) is 8.86. The molecule has 0 bridgehead atoms. The van der Waals surface area contributed by atoms with Crippen LogP contribution in [0.4, 0.5) is 0 Å². The Morgan fingerprint density at radius 1 is 0.840 bits per heavy atom. The summed E-state index contributed by atoms with van der Waals surface area (Å²) in [6.07, 6.45) is 5.24. The lowest BCUT2D eigenvalue weighted by Crippen LogP contribution is -2.25. The maximum Gasteiger partial charge on any atom is 0.330 e. The highest BCUT2D eigenvalue weighted by Crippen LogP contribution is 1.93.